The molecule has 3 rings (SSSR count). The lowest BCUT2D eigenvalue weighted by molar-refractivity contribution is -0.119. The van der Waals surface area contributed by atoms with Gasteiger partial charge in [0.15, 0.2) is 0 Å². The second-order valence-electron chi connectivity index (χ2n) is 7.48. The van der Waals surface area contributed by atoms with Gasteiger partial charge in [-0.15, -0.1) is 0 Å². The standard InChI is InChI=1S/C22H28N4O6S/c1-4-31-15-9-7-14(8-10-15)24-19(18-20(28)25(2)22(30)26(3)21(18)29)33-13-17(27)23-12-16-6-5-11-32-16/h7-10,16,28H,4-6,11-13H2,1-3H3,(H,23,27)/t16-/m0/s1. The van der Waals surface area contributed by atoms with Crippen LogP contribution in [0.4, 0.5) is 5.69 Å². The van der Waals surface area contributed by atoms with Gasteiger partial charge in [0, 0.05) is 27.2 Å². The Labute approximate surface area is 195 Å². The quantitative estimate of drug-likeness (QED) is 0.435. The molecule has 0 radical (unpaired) electrons. The Kier molecular flexibility index (Phi) is 8.34. The van der Waals surface area contributed by atoms with Crippen LogP contribution in [0.5, 0.6) is 11.6 Å². The molecule has 0 unspecified atom stereocenters. The van der Waals surface area contributed by atoms with Crippen LogP contribution >= 0.6 is 11.8 Å². The number of carbonyl (C=O) groups excluding carboxylic acids is 1. The molecular formula is C22H28N4O6S. The third-order valence-corrected chi connectivity index (χ3v) is 6.09. The first-order valence-electron chi connectivity index (χ1n) is 10.6. The number of carbonyl (C=O) groups is 1. The van der Waals surface area contributed by atoms with E-state index in [0.717, 1.165) is 33.7 Å². The minimum atomic E-state index is -0.701. The van der Waals surface area contributed by atoms with E-state index in [9.17, 15) is 19.5 Å². The smallest absolute Gasteiger partial charge is 0.333 e. The van der Waals surface area contributed by atoms with Crippen LogP contribution in [-0.4, -0.2) is 56.8 Å². The first-order valence-corrected chi connectivity index (χ1v) is 11.6. The Morgan fingerprint density at radius 1 is 1.27 bits per heavy atom. The van der Waals surface area contributed by atoms with Gasteiger partial charge in [-0.3, -0.25) is 18.7 Å². The summed E-state index contributed by atoms with van der Waals surface area (Å²) in [4.78, 5) is 41.9. The molecule has 1 atom stereocenters. The van der Waals surface area contributed by atoms with Gasteiger partial charge in [-0.1, -0.05) is 11.8 Å². The summed E-state index contributed by atoms with van der Waals surface area (Å²) in [7, 11) is 2.68. The molecule has 0 saturated carbocycles. The number of hydrogen-bond donors (Lipinski definition) is 2. The summed E-state index contributed by atoms with van der Waals surface area (Å²) in [6.07, 6.45) is 1.89. The maximum Gasteiger partial charge on any atom is 0.333 e. The predicted molar refractivity (Wildman–Crippen MR) is 127 cm³/mol. The van der Waals surface area contributed by atoms with E-state index < -0.39 is 17.1 Å². The van der Waals surface area contributed by atoms with Crippen LogP contribution in [-0.2, 0) is 23.6 Å². The van der Waals surface area contributed by atoms with Crippen LogP contribution in [0.2, 0.25) is 0 Å². The van der Waals surface area contributed by atoms with E-state index in [2.05, 4.69) is 10.3 Å². The van der Waals surface area contributed by atoms with Gasteiger partial charge in [0.25, 0.3) is 5.56 Å². The Morgan fingerprint density at radius 3 is 2.64 bits per heavy atom. The van der Waals surface area contributed by atoms with E-state index in [0.29, 0.717) is 31.2 Å². The molecule has 2 heterocycles. The Hall–Kier alpha value is -3.05. The number of rotatable bonds is 8. The van der Waals surface area contributed by atoms with Crippen LogP contribution in [0, 0.1) is 0 Å². The SMILES string of the molecule is CCOc1ccc(N=C(SCC(=O)NC[C@@H]2CCCO2)c2c(O)n(C)c(=O)n(C)c2=O)cc1. The molecule has 0 bridgehead atoms. The number of thioether (sulfide) groups is 1. The van der Waals surface area contributed by atoms with Crippen molar-refractivity contribution in [2.45, 2.75) is 25.9 Å². The number of aromatic hydroxyl groups is 1. The average Bonchev–Trinajstić information content (AvgIpc) is 3.33. The minimum Gasteiger partial charge on any atom is -0.494 e. The molecule has 0 aliphatic carbocycles. The summed E-state index contributed by atoms with van der Waals surface area (Å²) in [6, 6.07) is 6.87. The third-order valence-electron chi connectivity index (χ3n) is 5.12. The number of benzene rings is 1. The van der Waals surface area contributed by atoms with Crippen molar-refractivity contribution in [3.8, 4) is 11.6 Å². The molecule has 1 fully saturated rings. The summed E-state index contributed by atoms with van der Waals surface area (Å²) in [5.41, 5.74) is -1.02. The number of amides is 1. The van der Waals surface area contributed by atoms with Gasteiger partial charge < -0.3 is 19.9 Å². The molecule has 1 aliphatic heterocycles. The Balaban J connectivity index is 1.89. The van der Waals surface area contributed by atoms with Crippen molar-refractivity contribution in [3.05, 3.63) is 50.7 Å². The van der Waals surface area contributed by atoms with Crippen molar-refractivity contribution in [2.75, 3.05) is 25.5 Å². The normalized spacial score (nSPS) is 16.1. The molecule has 1 aromatic carbocycles. The van der Waals surface area contributed by atoms with Crippen LogP contribution in [0.1, 0.15) is 25.3 Å². The van der Waals surface area contributed by atoms with Crippen molar-refractivity contribution >= 4 is 28.4 Å². The topological polar surface area (TPSA) is 124 Å². The van der Waals surface area contributed by atoms with Crippen molar-refractivity contribution in [3.63, 3.8) is 0 Å². The highest BCUT2D eigenvalue weighted by Crippen LogP contribution is 2.24. The molecule has 2 aromatic rings. The predicted octanol–water partition coefficient (Wildman–Crippen LogP) is 1.29. The van der Waals surface area contributed by atoms with Gasteiger partial charge in [0.2, 0.25) is 11.8 Å². The van der Waals surface area contributed by atoms with E-state index >= 15 is 0 Å². The number of aliphatic imine (C=N–C) groups is 1. The van der Waals surface area contributed by atoms with E-state index in [1.54, 1.807) is 24.3 Å². The van der Waals surface area contributed by atoms with Crippen molar-refractivity contribution in [1.29, 1.82) is 0 Å². The first-order chi connectivity index (χ1) is 15.8. The first kappa shape index (κ1) is 24.6. The fraction of sp³-hybridized carbons (Fsp3) is 0.455. The van der Waals surface area contributed by atoms with Gasteiger partial charge in [-0.25, -0.2) is 9.79 Å². The van der Waals surface area contributed by atoms with Crippen LogP contribution in [0.25, 0.3) is 0 Å². The number of aromatic nitrogens is 2. The van der Waals surface area contributed by atoms with Gasteiger partial charge in [-0.2, -0.15) is 0 Å². The number of hydrogen-bond acceptors (Lipinski definition) is 8. The lowest BCUT2D eigenvalue weighted by Gasteiger charge is -2.13. The molecule has 1 amide bonds. The summed E-state index contributed by atoms with van der Waals surface area (Å²) < 4.78 is 12.8. The summed E-state index contributed by atoms with van der Waals surface area (Å²) in [6.45, 7) is 3.51. The van der Waals surface area contributed by atoms with Gasteiger partial charge in [0.05, 0.1) is 24.2 Å². The second-order valence-corrected chi connectivity index (χ2v) is 8.44. The van der Waals surface area contributed by atoms with Crippen molar-refractivity contribution < 1.29 is 19.4 Å². The molecule has 33 heavy (non-hydrogen) atoms. The largest absolute Gasteiger partial charge is 0.494 e. The summed E-state index contributed by atoms with van der Waals surface area (Å²) >= 11 is 1.00. The summed E-state index contributed by atoms with van der Waals surface area (Å²) in [5.74, 6) is -0.135. The zero-order chi connectivity index (χ0) is 24.0. The second kappa shape index (κ2) is 11.2. The minimum absolute atomic E-state index is 0.0101. The van der Waals surface area contributed by atoms with Gasteiger partial charge in [-0.05, 0) is 44.0 Å². The zero-order valence-electron chi connectivity index (χ0n) is 18.9. The number of nitrogens with one attached hydrogen (secondary N) is 1. The molecular weight excluding hydrogens is 448 g/mol. The van der Waals surface area contributed by atoms with Crippen LogP contribution < -0.4 is 21.3 Å². The molecule has 0 spiro atoms. The number of ether oxygens (including phenoxy) is 2. The maximum absolute atomic E-state index is 12.8. The van der Waals surface area contributed by atoms with E-state index in [1.807, 2.05) is 6.92 Å². The van der Waals surface area contributed by atoms with Crippen molar-refractivity contribution in [1.82, 2.24) is 14.5 Å². The lowest BCUT2D eigenvalue weighted by Crippen LogP contribution is -2.40. The Bertz CT molecular complexity index is 1130. The molecule has 2 N–H and O–H groups in total. The van der Waals surface area contributed by atoms with E-state index in [1.165, 1.54) is 14.1 Å². The highest BCUT2D eigenvalue weighted by atomic mass is 32.2. The highest BCUT2D eigenvalue weighted by molar-refractivity contribution is 8.15. The van der Waals surface area contributed by atoms with Crippen molar-refractivity contribution in [2.24, 2.45) is 19.1 Å². The Morgan fingerprint density at radius 2 is 2.00 bits per heavy atom. The van der Waals surface area contributed by atoms with E-state index in [4.69, 9.17) is 9.47 Å². The highest BCUT2D eigenvalue weighted by Gasteiger charge is 2.22. The zero-order valence-corrected chi connectivity index (χ0v) is 19.7. The molecule has 178 valence electrons. The van der Waals surface area contributed by atoms with Gasteiger partial charge in [0.1, 0.15) is 16.4 Å². The molecule has 1 saturated heterocycles. The average molecular weight is 477 g/mol. The molecule has 1 aliphatic rings. The van der Waals surface area contributed by atoms with Crippen LogP contribution in [0.15, 0.2) is 38.8 Å². The monoisotopic (exact) mass is 476 g/mol. The van der Waals surface area contributed by atoms with Crippen LogP contribution in [0.3, 0.4) is 0 Å². The molecule has 11 heteroatoms. The fourth-order valence-corrected chi connectivity index (χ4v) is 4.16. The third kappa shape index (κ3) is 6.05. The fourth-order valence-electron chi connectivity index (χ4n) is 3.30. The molecule has 10 nitrogen and oxygen atoms in total. The van der Waals surface area contributed by atoms with E-state index in [-0.39, 0.29) is 28.4 Å². The molecule has 1 aromatic heterocycles. The maximum atomic E-state index is 12.8. The summed E-state index contributed by atoms with van der Waals surface area (Å²) in [5, 5.41) is 13.5. The number of nitrogens with zero attached hydrogens (tertiary/aromatic N) is 3. The van der Waals surface area contributed by atoms with Gasteiger partial charge >= 0.3 is 5.69 Å². The lowest BCUT2D eigenvalue weighted by atomic mass is 10.2.